The molecule has 0 saturated carbocycles. The summed E-state index contributed by atoms with van der Waals surface area (Å²) >= 11 is 6.03. The van der Waals surface area contributed by atoms with Gasteiger partial charge in [-0.2, -0.15) is 0 Å². The highest BCUT2D eigenvalue weighted by molar-refractivity contribution is 7.92. The van der Waals surface area contributed by atoms with E-state index in [0.29, 0.717) is 61.4 Å². The van der Waals surface area contributed by atoms with Gasteiger partial charge in [-0.05, 0) is 49.2 Å². The smallest absolute Gasteiger partial charge is 0.253 e. The number of nitrogens with one attached hydrogen (secondary N) is 2. The summed E-state index contributed by atoms with van der Waals surface area (Å²) in [6.07, 6.45) is 5.98. The molecule has 1 aliphatic rings. The minimum atomic E-state index is -3.53. The van der Waals surface area contributed by atoms with Crippen LogP contribution < -0.4 is 25.8 Å². The van der Waals surface area contributed by atoms with Gasteiger partial charge in [0.25, 0.3) is 10.9 Å². The molecule has 12 heteroatoms. The Kier molecular flexibility index (Phi) is 10.3. The van der Waals surface area contributed by atoms with Crippen molar-refractivity contribution >= 4 is 44.4 Å². The van der Waals surface area contributed by atoms with Gasteiger partial charge in [0.15, 0.2) is 0 Å². The molecule has 0 unspecified atom stereocenters. The maximum absolute atomic E-state index is 13.3. The maximum atomic E-state index is 13.3. The van der Waals surface area contributed by atoms with Crippen LogP contribution in [0.4, 0.5) is 22.7 Å². The van der Waals surface area contributed by atoms with Crippen LogP contribution in [-0.2, 0) is 14.8 Å². The standard InChI is InChI=1S/C27H34ClN5O5S/c28-21-5-7-23(8-6-21)33(15-14-32-16-18-38-19-17-32)39(36,37)20-4-2-1-3-11-30-24-25(27(35)26(24)34)31-22-9-12-29-13-10-22/h5-10,12-13,30H,1-4,11,14-20H2,(H,29,31). The first-order valence-corrected chi connectivity index (χ1v) is 15.1. The highest BCUT2D eigenvalue weighted by atomic mass is 35.5. The number of hydrogen-bond acceptors (Lipinski definition) is 9. The molecule has 2 heterocycles. The number of pyridine rings is 1. The molecule has 10 nitrogen and oxygen atoms in total. The van der Waals surface area contributed by atoms with Crippen LogP contribution in [0.15, 0.2) is 58.4 Å². The number of sulfonamides is 1. The average molecular weight is 576 g/mol. The molecule has 3 aromatic rings. The minimum Gasteiger partial charge on any atom is -0.380 e. The van der Waals surface area contributed by atoms with Gasteiger partial charge >= 0.3 is 0 Å². The average Bonchev–Trinajstić information content (AvgIpc) is 2.95. The van der Waals surface area contributed by atoms with Crippen LogP contribution in [0.1, 0.15) is 25.7 Å². The molecule has 1 saturated heterocycles. The fourth-order valence-corrected chi connectivity index (χ4v) is 6.16. The summed E-state index contributed by atoms with van der Waals surface area (Å²) < 4.78 is 33.5. The van der Waals surface area contributed by atoms with E-state index >= 15 is 0 Å². The number of hydrogen-bond donors (Lipinski definition) is 2. The third-order valence-electron chi connectivity index (χ3n) is 6.66. The lowest BCUT2D eigenvalue weighted by atomic mass is 10.1. The summed E-state index contributed by atoms with van der Waals surface area (Å²) in [5.74, 6) is 0.0459. The van der Waals surface area contributed by atoms with Crippen molar-refractivity contribution in [3.63, 3.8) is 0 Å². The number of morpholine rings is 1. The van der Waals surface area contributed by atoms with E-state index in [1.54, 1.807) is 48.8 Å². The van der Waals surface area contributed by atoms with Crippen molar-refractivity contribution < 1.29 is 13.2 Å². The first-order valence-electron chi connectivity index (χ1n) is 13.2. The van der Waals surface area contributed by atoms with Gasteiger partial charge in [0.2, 0.25) is 10.0 Å². The van der Waals surface area contributed by atoms with Gasteiger partial charge in [0.05, 0.1) is 24.7 Å². The molecule has 39 heavy (non-hydrogen) atoms. The van der Waals surface area contributed by atoms with Crippen molar-refractivity contribution in [2.45, 2.75) is 25.7 Å². The molecule has 0 aliphatic carbocycles. The zero-order chi connectivity index (χ0) is 27.7. The molecule has 4 rings (SSSR count). The lowest BCUT2D eigenvalue weighted by Gasteiger charge is -2.30. The van der Waals surface area contributed by atoms with E-state index in [4.69, 9.17) is 16.3 Å². The highest BCUT2D eigenvalue weighted by Gasteiger charge is 2.24. The van der Waals surface area contributed by atoms with Crippen molar-refractivity contribution in [2.75, 3.05) is 66.6 Å². The van der Waals surface area contributed by atoms with Crippen LogP contribution in [-0.4, -0.2) is 70.0 Å². The number of aromatic nitrogens is 1. The molecule has 1 fully saturated rings. The molecule has 2 aromatic carbocycles. The van der Waals surface area contributed by atoms with Gasteiger partial charge < -0.3 is 15.4 Å². The number of unbranched alkanes of at least 4 members (excludes halogenated alkanes) is 3. The molecule has 1 aliphatic heterocycles. The molecular weight excluding hydrogens is 542 g/mol. The van der Waals surface area contributed by atoms with E-state index in [9.17, 15) is 18.0 Å². The van der Waals surface area contributed by atoms with Crippen molar-refractivity contribution in [3.05, 3.63) is 74.3 Å². The Bertz CT molecular complexity index is 1370. The van der Waals surface area contributed by atoms with Crippen LogP contribution in [0.5, 0.6) is 0 Å². The molecule has 0 spiro atoms. The quantitative estimate of drug-likeness (QED) is 0.208. The van der Waals surface area contributed by atoms with Gasteiger partial charge in [-0.15, -0.1) is 0 Å². The number of benzene rings is 1. The second-order valence-electron chi connectivity index (χ2n) is 9.43. The summed E-state index contributed by atoms with van der Waals surface area (Å²) in [7, 11) is -3.53. The molecular formula is C27H34ClN5O5S. The normalized spacial score (nSPS) is 14.4. The number of ether oxygens (including phenoxy) is 1. The number of halogens is 1. The van der Waals surface area contributed by atoms with E-state index < -0.39 is 20.9 Å². The number of anilines is 4. The van der Waals surface area contributed by atoms with Crippen LogP contribution in [0.2, 0.25) is 5.02 Å². The summed E-state index contributed by atoms with van der Waals surface area (Å²) in [6.45, 7) is 4.41. The first-order chi connectivity index (χ1) is 18.8. The summed E-state index contributed by atoms with van der Waals surface area (Å²) in [6, 6.07) is 10.3. The lowest BCUT2D eigenvalue weighted by molar-refractivity contribution is 0.0395. The Balaban J connectivity index is 1.23. The Hall–Kier alpha value is -2.99. The van der Waals surface area contributed by atoms with Crippen LogP contribution in [0.25, 0.3) is 0 Å². The van der Waals surface area contributed by atoms with Crippen molar-refractivity contribution in [1.82, 2.24) is 9.88 Å². The summed E-state index contributed by atoms with van der Waals surface area (Å²) in [4.78, 5) is 30.1. The number of rotatable bonds is 15. The fraction of sp³-hybridized carbons (Fsp3) is 0.444. The lowest BCUT2D eigenvalue weighted by Crippen LogP contribution is -2.43. The van der Waals surface area contributed by atoms with Crippen molar-refractivity contribution in [1.29, 1.82) is 0 Å². The van der Waals surface area contributed by atoms with E-state index in [1.807, 2.05) is 0 Å². The topological polar surface area (TPSA) is 121 Å². The maximum Gasteiger partial charge on any atom is 0.253 e. The molecule has 0 radical (unpaired) electrons. The van der Waals surface area contributed by atoms with Crippen LogP contribution in [0.3, 0.4) is 0 Å². The SMILES string of the molecule is O=c1c(NCCCCCCS(=O)(=O)N(CCN2CCOCC2)c2ccc(Cl)cc2)c(Nc2ccncc2)c1=O. The summed E-state index contributed by atoms with van der Waals surface area (Å²) in [5.41, 5.74) is 0.769. The van der Waals surface area contributed by atoms with Gasteiger partial charge in [0, 0.05) is 55.8 Å². The monoisotopic (exact) mass is 575 g/mol. The van der Waals surface area contributed by atoms with E-state index in [-0.39, 0.29) is 11.4 Å². The van der Waals surface area contributed by atoms with E-state index in [1.165, 1.54) is 4.31 Å². The number of nitrogens with zero attached hydrogens (tertiary/aromatic N) is 3. The van der Waals surface area contributed by atoms with Gasteiger partial charge in [-0.25, -0.2) is 8.42 Å². The molecule has 0 bridgehead atoms. The molecule has 1 aromatic heterocycles. The Morgan fingerprint density at radius 3 is 2.31 bits per heavy atom. The minimum absolute atomic E-state index is 0.0459. The second kappa shape index (κ2) is 13.9. The van der Waals surface area contributed by atoms with Crippen LogP contribution >= 0.6 is 11.6 Å². The zero-order valence-corrected chi connectivity index (χ0v) is 23.3. The highest BCUT2D eigenvalue weighted by Crippen LogP contribution is 2.23. The zero-order valence-electron chi connectivity index (χ0n) is 21.8. The van der Waals surface area contributed by atoms with E-state index in [0.717, 1.165) is 32.4 Å². The second-order valence-corrected chi connectivity index (χ2v) is 11.9. The third-order valence-corrected chi connectivity index (χ3v) is 8.79. The largest absolute Gasteiger partial charge is 0.380 e. The van der Waals surface area contributed by atoms with Gasteiger partial charge in [-0.3, -0.25) is 23.8 Å². The predicted octanol–water partition coefficient (Wildman–Crippen LogP) is 3.22. The molecule has 0 atom stereocenters. The molecule has 210 valence electrons. The van der Waals surface area contributed by atoms with Gasteiger partial charge in [-0.1, -0.05) is 24.4 Å². The Morgan fingerprint density at radius 2 is 1.59 bits per heavy atom. The van der Waals surface area contributed by atoms with Crippen LogP contribution in [0, 0.1) is 0 Å². The van der Waals surface area contributed by atoms with Gasteiger partial charge in [0.1, 0.15) is 11.4 Å². The summed E-state index contributed by atoms with van der Waals surface area (Å²) in [5, 5.41) is 6.57. The predicted molar refractivity (Wildman–Crippen MR) is 156 cm³/mol. The first kappa shape index (κ1) is 29.0. The molecule has 2 N–H and O–H groups in total. The van der Waals surface area contributed by atoms with Crippen molar-refractivity contribution in [3.8, 4) is 0 Å². The Morgan fingerprint density at radius 1 is 0.923 bits per heavy atom. The Labute approximate surface area is 233 Å². The fourth-order valence-electron chi connectivity index (χ4n) is 4.44. The third kappa shape index (κ3) is 8.01. The van der Waals surface area contributed by atoms with Crippen molar-refractivity contribution in [2.24, 2.45) is 0 Å². The van der Waals surface area contributed by atoms with E-state index in [2.05, 4.69) is 20.5 Å². The molecule has 0 amide bonds.